The van der Waals surface area contributed by atoms with E-state index in [1.54, 1.807) is 0 Å². The molecule has 2 heterocycles. The Balaban J connectivity index is 2.02. The molecule has 2 atom stereocenters. The Morgan fingerprint density at radius 2 is 2.14 bits per heavy atom. The first-order valence-corrected chi connectivity index (χ1v) is 5.75. The minimum absolute atomic E-state index is 0.394. The van der Waals surface area contributed by atoms with Crippen molar-refractivity contribution in [2.24, 2.45) is 16.6 Å². The fraction of sp³-hybridized carbons (Fsp3) is 0.909. The largest absolute Gasteiger partial charge is 0.387 e. The molecule has 2 fully saturated rings. The van der Waals surface area contributed by atoms with Crippen molar-refractivity contribution >= 4 is 5.84 Å². The molecule has 14 heavy (non-hydrogen) atoms. The number of amidine groups is 1. The van der Waals surface area contributed by atoms with E-state index in [1.807, 2.05) is 0 Å². The second-order valence-corrected chi connectivity index (χ2v) is 4.81. The summed E-state index contributed by atoms with van der Waals surface area (Å²) in [4.78, 5) is 7.24. The lowest BCUT2D eigenvalue weighted by molar-refractivity contribution is 0.314. The van der Waals surface area contributed by atoms with Crippen molar-refractivity contribution in [3.05, 3.63) is 0 Å². The lowest BCUT2D eigenvalue weighted by Gasteiger charge is -2.18. The second kappa shape index (κ2) is 3.89. The van der Waals surface area contributed by atoms with Gasteiger partial charge in [0.05, 0.1) is 11.9 Å². The third-order valence-corrected chi connectivity index (χ3v) is 3.48. The fourth-order valence-corrected chi connectivity index (χ4v) is 2.55. The van der Waals surface area contributed by atoms with Gasteiger partial charge in [0.1, 0.15) is 0 Å². The summed E-state index contributed by atoms with van der Waals surface area (Å²) < 4.78 is 0. The van der Waals surface area contributed by atoms with Crippen LogP contribution < -0.4 is 5.73 Å². The van der Waals surface area contributed by atoms with Gasteiger partial charge in [0, 0.05) is 18.5 Å². The average molecular weight is 195 g/mol. The highest BCUT2D eigenvalue weighted by atomic mass is 15.2. The van der Waals surface area contributed by atoms with Crippen LogP contribution in [0, 0.1) is 5.92 Å². The summed E-state index contributed by atoms with van der Waals surface area (Å²) in [5.74, 6) is 1.23. The van der Waals surface area contributed by atoms with Crippen molar-refractivity contribution < 1.29 is 0 Å². The van der Waals surface area contributed by atoms with Crippen LogP contribution in [-0.2, 0) is 0 Å². The van der Waals surface area contributed by atoms with Crippen molar-refractivity contribution in [1.82, 2.24) is 4.90 Å². The third kappa shape index (κ3) is 1.78. The summed E-state index contributed by atoms with van der Waals surface area (Å²) in [6.45, 7) is 6.73. The Labute approximate surface area is 86.4 Å². The summed E-state index contributed by atoms with van der Waals surface area (Å²) in [7, 11) is 0. The van der Waals surface area contributed by atoms with E-state index >= 15 is 0 Å². The van der Waals surface area contributed by atoms with E-state index in [0.717, 1.165) is 5.84 Å². The van der Waals surface area contributed by atoms with Crippen LogP contribution in [0.3, 0.4) is 0 Å². The van der Waals surface area contributed by atoms with E-state index in [-0.39, 0.29) is 0 Å². The number of hydrogen-bond acceptors (Lipinski definition) is 2. The van der Waals surface area contributed by atoms with Gasteiger partial charge in [-0.25, -0.2) is 0 Å². The molecule has 0 aliphatic carbocycles. The number of aliphatic imine (C=N–C) groups is 1. The number of nitrogens with two attached hydrogens (primary N) is 1. The van der Waals surface area contributed by atoms with E-state index in [2.05, 4.69) is 23.7 Å². The minimum atomic E-state index is 0.394. The van der Waals surface area contributed by atoms with Crippen molar-refractivity contribution in [2.75, 3.05) is 13.1 Å². The monoisotopic (exact) mass is 195 g/mol. The molecule has 3 nitrogen and oxygen atoms in total. The molecule has 2 N–H and O–H groups in total. The lowest BCUT2D eigenvalue weighted by Crippen LogP contribution is -2.30. The van der Waals surface area contributed by atoms with Gasteiger partial charge in [-0.3, -0.25) is 9.89 Å². The molecule has 0 aromatic rings. The van der Waals surface area contributed by atoms with Crippen LogP contribution in [0.25, 0.3) is 0 Å². The van der Waals surface area contributed by atoms with Crippen LogP contribution in [0.5, 0.6) is 0 Å². The highest BCUT2D eigenvalue weighted by Gasteiger charge is 2.37. The molecule has 2 unspecified atom stereocenters. The molecule has 0 aromatic heterocycles. The first kappa shape index (κ1) is 9.97. The standard InChI is InChI=1S/C11H21N3/c1-8(2)11(12)13-9-5-7-14-6-3-4-10(9)14/h8-10H,3-7H2,1-2H3,(H2,12,13). The molecule has 2 aliphatic heterocycles. The summed E-state index contributed by atoms with van der Waals surface area (Å²) in [5.41, 5.74) is 5.91. The Bertz CT molecular complexity index is 235. The summed E-state index contributed by atoms with van der Waals surface area (Å²) in [6, 6.07) is 1.19. The molecule has 3 heteroatoms. The maximum Gasteiger partial charge on any atom is 0.0967 e. The zero-order valence-corrected chi connectivity index (χ0v) is 9.24. The fourth-order valence-electron chi connectivity index (χ4n) is 2.55. The highest BCUT2D eigenvalue weighted by molar-refractivity contribution is 5.82. The topological polar surface area (TPSA) is 41.6 Å². The molecular weight excluding hydrogens is 174 g/mol. The van der Waals surface area contributed by atoms with Crippen molar-refractivity contribution in [3.63, 3.8) is 0 Å². The van der Waals surface area contributed by atoms with E-state index < -0.39 is 0 Å². The number of fused-ring (bicyclic) bond motifs is 1. The van der Waals surface area contributed by atoms with Gasteiger partial charge in [0.2, 0.25) is 0 Å². The number of nitrogens with zero attached hydrogens (tertiary/aromatic N) is 2. The Morgan fingerprint density at radius 1 is 1.36 bits per heavy atom. The van der Waals surface area contributed by atoms with Crippen LogP contribution in [0.4, 0.5) is 0 Å². The van der Waals surface area contributed by atoms with E-state index in [4.69, 9.17) is 5.73 Å². The SMILES string of the molecule is CC(C)C(N)=NC1CCN2CCCC12. The Kier molecular flexibility index (Phi) is 2.77. The molecule has 0 amide bonds. The van der Waals surface area contributed by atoms with Crippen LogP contribution >= 0.6 is 0 Å². The maximum absolute atomic E-state index is 5.91. The molecule has 2 rings (SSSR count). The van der Waals surface area contributed by atoms with Gasteiger partial charge in [-0.15, -0.1) is 0 Å². The van der Waals surface area contributed by atoms with Gasteiger partial charge in [-0.05, 0) is 25.8 Å². The van der Waals surface area contributed by atoms with Crippen LogP contribution in [0.1, 0.15) is 33.1 Å². The zero-order chi connectivity index (χ0) is 10.1. The molecular formula is C11H21N3. The molecule has 0 bridgehead atoms. The summed E-state index contributed by atoms with van der Waals surface area (Å²) in [6.07, 6.45) is 3.87. The van der Waals surface area contributed by atoms with Crippen LogP contribution in [0.2, 0.25) is 0 Å². The smallest absolute Gasteiger partial charge is 0.0967 e. The summed E-state index contributed by atoms with van der Waals surface area (Å²) in [5, 5.41) is 0. The minimum Gasteiger partial charge on any atom is -0.387 e. The predicted octanol–water partition coefficient (Wildman–Crippen LogP) is 1.24. The first-order valence-electron chi connectivity index (χ1n) is 5.75. The Hall–Kier alpha value is -0.570. The third-order valence-electron chi connectivity index (χ3n) is 3.48. The molecule has 2 aliphatic rings. The molecule has 0 saturated carbocycles. The zero-order valence-electron chi connectivity index (χ0n) is 9.24. The van der Waals surface area contributed by atoms with E-state index in [9.17, 15) is 0 Å². The molecule has 0 spiro atoms. The summed E-state index contributed by atoms with van der Waals surface area (Å²) >= 11 is 0. The molecule has 0 radical (unpaired) electrons. The van der Waals surface area contributed by atoms with Gasteiger partial charge in [0.15, 0.2) is 0 Å². The van der Waals surface area contributed by atoms with Gasteiger partial charge < -0.3 is 5.73 Å². The predicted molar refractivity (Wildman–Crippen MR) is 59.5 cm³/mol. The van der Waals surface area contributed by atoms with Gasteiger partial charge in [0.25, 0.3) is 0 Å². The van der Waals surface area contributed by atoms with Crippen molar-refractivity contribution in [1.29, 1.82) is 0 Å². The van der Waals surface area contributed by atoms with E-state index in [0.29, 0.717) is 18.0 Å². The average Bonchev–Trinajstić information content (AvgIpc) is 2.69. The molecule has 0 aromatic carbocycles. The van der Waals surface area contributed by atoms with E-state index in [1.165, 1.54) is 32.4 Å². The second-order valence-electron chi connectivity index (χ2n) is 4.81. The van der Waals surface area contributed by atoms with Crippen LogP contribution in [0.15, 0.2) is 4.99 Å². The Morgan fingerprint density at radius 3 is 2.86 bits per heavy atom. The van der Waals surface area contributed by atoms with Crippen molar-refractivity contribution in [2.45, 2.75) is 45.2 Å². The lowest BCUT2D eigenvalue weighted by atomic mass is 10.1. The number of rotatable bonds is 2. The quantitative estimate of drug-likeness (QED) is 0.532. The van der Waals surface area contributed by atoms with Gasteiger partial charge >= 0.3 is 0 Å². The van der Waals surface area contributed by atoms with Gasteiger partial charge in [-0.1, -0.05) is 13.8 Å². The normalized spacial score (nSPS) is 34.1. The molecule has 80 valence electrons. The van der Waals surface area contributed by atoms with Crippen molar-refractivity contribution in [3.8, 4) is 0 Å². The number of hydrogen-bond donors (Lipinski definition) is 1. The molecule has 2 saturated heterocycles. The van der Waals surface area contributed by atoms with Gasteiger partial charge in [-0.2, -0.15) is 0 Å². The maximum atomic E-state index is 5.91. The van der Waals surface area contributed by atoms with Crippen LogP contribution in [-0.4, -0.2) is 35.9 Å². The highest BCUT2D eigenvalue weighted by Crippen LogP contribution is 2.30. The first-order chi connectivity index (χ1) is 6.68.